The van der Waals surface area contributed by atoms with E-state index >= 15 is 0 Å². The predicted octanol–water partition coefficient (Wildman–Crippen LogP) is 0.677. The number of fused-ring (bicyclic) bond motifs is 2. The zero-order valence-electron chi connectivity index (χ0n) is 11.7. The summed E-state index contributed by atoms with van der Waals surface area (Å²) in [5, 5.41) is 3.01. The van der Waals surface area contributed by atoms with Gasteiger partial charge in [-0.05, 0) is 30.5 Å². The van der Waals surface area contributed by atoms with Gasteiger partial charge in [-0.1, -0.05) is 12.5 Å². The van der Waals surface area contributed by atoms with Crippen molar-refractivity contribution in [2.45, 2.75) is 37.9 Å². The molecule has 1 amide bonds. The Balaban J connectivity index is 1.37. The van der Waals surface area contributed by atoms with Crippen LogP contribution in [0.1, 0.15) is 24.8 Å². The lowest BCUT2D eigenvalue weighted by Gasteiger charge is -2.16. The molecule has 6 heteroatoms. The van der Waals surface area contributed by atoms with E-state index in [4.69, 9.17) is 9.47 Å². The number of hydrogen-bond donors (Lipinski definition) is 3. The summed E-state index contributed by atoms with van der Waals surface area (Å²) in [6.45, 7) is 0.775. The van der Waals surface area contributed by atoms with Gasteiger partial charge < -0.3 is 14.8 Å². The summed E-state index contributed by atoms with van der Waals surface area (Å²) in [6, 6.07) is 6.08. The Kier molecular flexibility index (Phi) is 3.20. The van der Waals surface area contributed by atoms with Gasteiger partial charge >= 0.3 is 0 Å². The normalized spacial score (nSPS) is 29.4. The molecular formula is C15H19N3O3. The number of benzene rings is 1. The van der Waals surface area contributed by atoms with Gasteiger partial charge in [-0.25, -0.2) is 5.43 Å². The summed E-state index contributed by atoms with van der Waals surface area (Å²) in [4.78, 5) is 12.3. The molecule has 3 atom stereocenters. The van der Waals surface area contributed by atoms with E-state index in [1.54, 1.807) is 0 Å². The number of carbonyl (C=O) groups excluding carboxylic acids is 1. The van der Waals surface area contributed by atoms with E-state index in [-0.39, 0.29) is 18.7 Å². The second-order valence-electron chi connectivity index (χ2n) is 5.87. The lowest BCUT2D eigenvalue weighted by molar-refractivity contribution is -0.123. The number of hydrazine groups is 1. The molecule has 1 aromatic carbocycles. The Bertz CT molecular complexity index is 563. The van der Waals surface area contributed by atoms with Crippen LogP contribution in [-0.2, 0) is 11.3 Å². The van der Waals surface area contributed by atoms with Crippen LogP contribution in [-0.4, -0.2) is 24.8 Å². The highest BCUT2D eigenvalue weighted by Gasteiger charge is 2.42. The fourth-order valence-electron chi connectivity index (χ4n) is 3.48. The molecule has 2 heterocycles. The molecule has 0 bridgehead atoms. The van der Waals surface area contributed by atoms with Gasteiger partial charge in [-0.3, -0.25) is 10.2 Å². The minimum absolute atomic E-state index is 0.0644. The maximum atomic E-state index is 12.3. The standard InChI is InChI=1S/C15H19N3O3/c19-15(14-10-2-1-3-11(10)17-18-14)16-7-9-4-5-12-13(6-9)21-8-20-12/h4-6,10-11,14,17-18H,1-3,7-8H2,(H,16,19). The highest BCUT2D eigenvalue weighted by molar-refractivity contribution is 5.82. The summed E-state index contributed by atoms with van der Waals surface area (Å²) in [5.74, 6) is 2.00. The van der Waals surface area contributed by atoms with E-state index in [0.29, 0.717) is 18.5 Å². The van der Waals surface area contributed by atoms with Gasteiger partial charge in [0, 0.05) is 18.5 Å². The van der Waals surface area contributed by atoms with Gasteiger partial charge in [0.15, 0.2) is 11.5 Å². The van der Waals surface area contributed by atoms with Crippen molar-refractivity contribution in [3.63, 3.8) is 0 Å². The van der Waals surface area contributed by atoms with Crippen LogP contribution < -0.4 is 25.6 Å². The van der Waals surface area contributed by atoms with E-state index in [1.807, 2.05) is 18.2 Å². The van der Waals surface area contributed by atoms with Crippen LogP contribution in [0.25, 0.3) is 0 Å². The highest BCUT2D eigenvalue weighted by atomic mass is 16.7. The van der Waals surface area contributed by atoms with Crippen molar-refractivity contribution in [2.75, 3.05) is 6.79 Å². The van der Waals surface area contributed by atoms with Crippen LogP contribution in [0.4, 0.5) is 0 Å². The first kappa shape index (κ1) is 12.9. The zero-order chi connectivity index (χ0) is 14.2. The van der Waals surface area contributed by atoms with Crippen LogP contribution in [0.5, 0.6) is 11.5 Å². The Hall–Kier alpha value is -1.79. The molecule has 2 fully saturated rings. The van der Waals surface area contributed by atoms with Crippen molar-refractivity contribution < 1.29 is 14.3 Å². The highest BCUT2D eigenvalue weighted by Crippen LogP contribution is 2.33. The van der Waals surface area contributed by atoms with Gasteiger partial charge in [0.1, 0.15) is 6.04 Å². The topological polar surface area (TPSA) is 71.6 Å². The third-order valence-electron chi connectivity index (χ3n) is 4.61. The average Bonchev–Trinajstić information content (AvgIpc) is 3.19. The Labute approximate surface area is 123 Å². The number of nitrogens with one attached hydrogen (secondary N) is 3. The summed E-state index contributed by atoms with van der Waals surface area (Å²) in [6.07, 6.45) is 3.48. The van der Waals surface area contributed by atoms with Crippen molar-refractivity contribution in [2.24, 2.45) is 5.92 Å². The lowest BCUT2D eigenvalue weighted by Crippen LogP contribution is -2.45. The largest absolute Gasteiger partial charge is 0.454 e. The third-order valence-corrected chi connectivity index (χ3v) is 4.61. The van der Waals surface area contributed by atoms with Crippen LogP contribution >= 0.6 is 0 Å². The molecular weight excluding hydrogens is 270 g/mol. The van der Waals surface area contributed by atoms with Crippen LogP contribution in [0.2, 0.25) is 0 Å². The minimum atomic E-state index is -0.119. The second-order valence-corrected chi connectivity index (χ2v) is 5.87. The quantitative estimate of drug-likeness (QED) is 0.763. The molecule has 112 valence electrons. The van der Waals surface area contributed by atoms with Crippen molar-refractivity contribution >= 4 is 5.91 Å². The Morgan fingerprint density at radius 3 is 3.10 bits per heavy atom. The molecule has 0 radical (unpaired) electrons. The van der Waals surface area contributed by atoms with Gasteiger partial charge in [0.2, 0.25) is 12.7 Å². The molecule has 0 spiro atoms. The molecule has 1 aliphatic carbocycles. The molecule has 1 saturated heterocycles. The maximum absolute atomic E-state index is 12.3. The molecule has 1 aromatic rings. The number of ether oxygens (including phenoxy) is 2. The lowest BCUT2D eigenvalue weighted by atomic mass is 9.96. The second kappa shape index (κ2) is 5.20. The maximum Gasteiger partial charge on any atom is 0.239 e. The van der Waals surface area contributed by atoms with Gasteiger partial charge in [-0.15, -0.1) is 0 Å². The van der Waals surface area contributed by atoms with Crippen LogP contribution in [0.3, 0.4) is 0 Å². The van der Waals surface area contributed by atoms with Crippen molar-refractivity contribution in [3.8, 4) is 11.5 Å². The molecule has 3 N–H and O–H groups in total. The predicted molar refractivity (Wildman–Crippen MR) is 75.6 cm³/mol. The zero-order valence-corrected chi connectivity index (χ0v) is 11.7. The van der Waals surface area contributed by atoms with E-state index in [9.17, 15) is 4.79 Å². The molecule has 3 aliphatic rings. The number of carbonyl (C=O) groups is 1. The Morgan fingerprint density at radius 2 is 2.14 bits per heavy atom. The molecule has 0 aromatic heterocycles. The Morgan fingerprint density at radius 1 is 1.24 bits per heavy atom. The SMILES string of the molecule is O=C(NCc1ccc2c(c1)OCO2)C1NNC2CCCC21. The smallest absolute Gasteiger partial charge is 0.239 e. The third kappa shape index (κ3) is 2.34. The molecule has 1 saturated carbocycles. The van der Waals surface area contributed by atoms with E-state index in [1.165, 1.54) is 6.42 Å². The fourth-order valence-corrected chi connectivity index (χ4v) is 3.48. The summed E-state index contributed by atoms with van der Waals surface area (Å²) in [5.41, 5.74) is 7.38. The number of hydrogen-bond acceptors (Lipinski definition) is 5. The average molecular weight is 289 g/mol. The van der Waals surface area contributed by atoms with Crippen molar-refractivity contribution in [1.29, 1.82) is 0 Å². The minimum Gasteiger partial charge on any atom is -0.454 e. The summed E-state index contributed by atoms with van der Waals surface area (Å²) >= 11 is 0. The van der Waals surface area contributed by atoms with Gasteiger partial charge in [0.25, 0.3) is 0 Å². The van der Waals surface area contributed by atoms with Gasteiger partial charge in [0.05, 0.1) is 0 Å². The van der Waals surface area contributed by atoms with E-state index in [2.05, 4.69) is 16.2 Å². The summed E-state index contributed by atoms with van der Waals surface area (Å²) in [7, 11) is 0. The van der Waals surface area contributed by atoms with Gasteiger partial charge in [-0.2, -0.15) is 0 Å². The van der Waals surface area contributed by atoms with Crippen LogP contribution in [0, 0.1) is 5.92 Å². The monoisotopic (exact) mass is 289 g/mol. The summed E-state index contributed by atoms with van der Waals surface area (Å²) < 4.78 is 10.6. The molecule has 2 aliphatic heterocycles. The first-order valence-electron chi connectivity index (χ1n) is 7.48. The van der Waals surface area contributed by atoms with Crippen LogP contribution in [0.15, 0.2) is 18.2 Å². The van der Waals surface area contributed by atoms with E-state index in [0.717, 1.165) is 29.9 Å². The molecule has 6 nitrogen and oxygen atoms in total. The molecule has 3 unspecified atom stereocenters. The number of rotatable bonds is 3. The molecule has 4 rings (SSSR count). The van der Waals surface area contributed by atoms with E-state index < -0.39 is 0 Å². The fraction of sp³-hybridized carbons (Fsp3) is 0.533. The van der Waals surface area contributed by atoms with Crippen molar-refractivity contribution in [1.82, 2.24) is 16.2 Å². The number of amides is 1. The van der Waals surface area contributed by atoms with Crippen molar-refractivity contribution in [3.05, 3.63) is 23.8 Å². The molecule has 21 heavy (non-hydrogen) atoms. The first-order chi connectivity index (χ1) is 10.3. The first-order valence-corrected chi connectivity index (χ1v) is 7.48.